The number of hydrogen-bond acceptors (Lipinski definition) is 2. The van der Waals surface area contributed by atoms with E-state index in [0.717, 1.165) is 17.5 Å². The van der Waals surface area contributed by atoms with Gasteiger partial charge >= 0.3 is 5.69 Å². The highest BCUT2D eigenvalue weighted by molar-refractivity contribution is 5.76. The van der Waals surface area contributed by atoms with Crippen LogP contribution in [0.25, 0.3) is 22.4 Å². The summed E-state index contributed by atoms with van der Waals surface area (Å²) >= 11 is 0. The van der Waals surface area contributed by atoms with Gasteiger partial charge in [0.05, 0.1) is 11.2 Å². The van der Waals surface area contributed by atoms with E-state index < -0.39 is 0 Å². The van der Waals surface area contributed by atoms with Crippen LogP contribution >= 0.6 is 0 Å². The average Bonchev–Trinajstić information content (AvgIpc) is 2.78. The molecule has 0 aliphatic heterocycles. The van der Waals surface area contributed by atoms with Gasteiger partial charge in [-0.1, -0.05) is 33.8 Å². The smallest absolute Gasteiger partial charge is 0.290 e. The molecule has 0 amide bonds. The Morgan fingerprint density at radius 3 is 2.52 bits per heavy atom. The van der Waals surface area contributed by atoms with E-state index in [2.05, 4.69) is 25.8 Å². The van der Waals surface area contributed by atoms with Crippen LogP contribution < -0.4 is 5.69 Å². The molecule has 0 unspecified atom stereocenters. The maximum absolute atomic E-state index is 14.3. The summed E-state index contributed by atoms with van der Waals surface area (Å²) in [6.45, 7) is 8.90. The Kier molecular flexibility index (Phi) is 4.27. The lowest BCUT2D eigenvalue weighted by Crippen LogP contribution is -2.27. The minimum Gasteiger partial charge on any atom is -0.290 e. The van der Waals surface area contributed by atoms with E-state index in [-0.39, 0.29) is 16.9 Å². The highest BCUT2D eigenvalue weighted by Crippen LogP contribution is 2.26. The standard InChI is InChI=1S/C20H24FN3O/c1-6-13-7-8-15(21)14(11-13)16-9-10-17-18(22-16)23(5)19(25)24(17)12-20(2,3)4/h7-11H,6,12H2,1-5H3. The van der Waals surface area contributed by atoms with Crippen molar-refractivity contribution in [3.63, 3.8) is 0 Å². The number of imidazole rings is 1. The number of rotatable bonds is 3. The van der Waals surface area contributed by atoms with Crippen molar-refractivity contribution in [1.82, 2.24) is 14.1 Å². The van der Waals surface area contributed by atoms with E-state index in [9.17, 15) is 9.18 Å². The van der Waals surface area contributed by atoms with Crippen LogP contribution in [0, 0.1) is 11.2 Å². The number of benzene rings is 1. The molecule has 2 heterocycles. The summed E-state index contributed by atoms with van der Waals surface area (Å²) in [7, 11) is 1.71. The third-order valence-electron chi connectivity index (χ3n) is 4.33. The quantitative estimate of drug-likeness (QED) is 0.718. The topological polar surface area (TPSA) is 39.8 Å². The number of pyridine rings is 1. The normalized spacial score (nSPS) is 12.1. The second kappa shape index (κ2) is 6.14. The summed E-state index contributed by atoms with van der Waals surface area (Å²) in [5.41, 5.74) is 3.29. The molecule has 0 aliphatic rings. The molecule has 2 aromatic heterocycles. The molecular weight excluding hydrogens is 317 g/mol. The average molecular weight is 341 g/mol. The summed E-state index contributed by atoms with van der Waals surface area (Å²) in [6.07, 6.45) is 0.829. The molecule has 0 radical (unpaired) electrons. The SMILES string of the molecule is CCc1ccc(F)c(-c2ccc3c(n2)n(C)c(=O)n3CC(C)(C)C)c1. The lowest BCUT2D eigenvalue weighted by molar-refractivity contribution is 0.342. The maximum Gasteiger partial charge on any atom is 0.330 e. The van der Waals surface area contributed by atoms with Crippen LogP contribution in [0.4, 0.5) is 4.39 Å². The van der Waals surface area contributed by atoms with Crippen LogP contribution in [0.3, 0.4) is 0 Å². The Morgan fingerprint density at radius 2 is 1.88 bits per heavy atom. The molecule has 0 aliphatic carbocycles. The molecular formula is C20H24FN3O. The van der Waals surface area contributed by atoms with E-state index in [4.69, 9.17) is 0 Å². The molecule has 5 heteroatoms. The minimum atomic E-state index is -0.303. The molecule has 1 aromatic carbocycles. The predicted molar refractivity (Wildman–Crippen MR) is 99.2 cm³/mol. The fraction of sp³-hybridized carbons (Fsp3) is 0.400. The molecule has 0 spiro atoms. The third-order valence-corrected chi connectivity index (χ3v) is 4.33. The zero-order chi connectivity index (χ0) is 18.4. The van der Waals surface area contributed by atoms with Crippen molar-refractivity contribution >= 4 is 11.2 Å². The zero-order valence-electron chi connectivity index (χ0n) is 15.4. The van der Waals surface area contributed by atoms with E-state index >= 15 is 0 Å². The predicted octanol–water partition coefficient (Wildman–Crippen LogP) is 4.15. The van der Waals surface area contributed by atoms with Gasteiger partial charge in [-0.15, -0.1) is 0 Å². The van der Waals surface area contributed by atoms with Gasteiger partial charge in [-0.25, -0.2) is 14.2 Å². The molecule has 0 atom stereocenters. The zero-order valence-corrected chi connectivity index (χ0v) is 15.4. The van der Waals surface area contributed by atoms with Gasteiger partial charge < -0.3 is 0 Å². The Morgan fingerprint density at radius 1 is 1.16 bits per heavy atom. The van der Waals surface area contributed by atoms with Crippen molar-refractivity contribution in [2.24, 2.45) is 12.5 Å². The Hall–Kier alpha value is -2.43. The van der Waals surface area contributed by atoms with Gasteiger partial charge in [0, 0.05) is 19.2 Å². The van der Waals surface area contributed by atoms with Crippen molar-refractivity contribution in [2.45, 2.75) is 40.7 Å². The van der Waals surface area contributed by atoms with Gasteiger partial charge in [0.1, 0.15) is 5.82 Å². The van der Waals surface area contributed by atoms with E-state index in [1.807, 2.05) is 19.1 Å². The lowest BCUT2D eigenvalue weighted by Gasteiger charge is -2.18. The first-order chi connectivity index (χ1) is 11.7. The summed E-state index contributed by atoms with van der Waals surface area (Å²) in [4.78, 5) is 17.2. The van der Waals surface area contributed by atoms with Crippen LogP contribution in [0.1, 0.15) is 33.3 Å². The van der Waals surface area contributed by atoms with Crippen LogP contribution in [0.2, 0.25) is 0 Å². The molecule has 132 valence electrons. The molecule has 0 fully saturated rings. The van der Waals surface area contributed by atoms with E-state index in [1.165, 1.54) is 10.6 Å². The van der Waals surface area contributed by atoms with Crippen molar-refractivity contribution in [3.05, 3.63) is 52.2 Å². The van der Waals surface area contributed by atoms with Crippen LogP contribution in [0.15, 0.2) is 35.1 Å². The van der Waals surface area contributed by atoms with Gasteiger partial charge in [0.2, 0.25) is 0 Å². The van der Waals surface area contributed by atoms with Crippen LogP contribution in [0.5, 0.6) is 0 Å². The summed E-state index contributed by atoms with van der Waals surface area (Å²) in [5, 5.41) is 0. The van der Waals surface area contributed by atoms with E-state index in [1.54, 1.807) is 23.7 Å². The molecule has 25 heavy (non-hydrogen) atoms. The van der Waals surface area contributed by atoms with Gasteiger partial charge in [0.25, 0.3) is 0 Å². The van der Waals surface area contributed by atoms with Crippen molar-refractivity contribution in [1.29, 1.82) is 0 Å². The molecule has 3 rings (SSSR count). The number of nitrogens with zero attached hydrogens (tertiary/aromatic N) is 3. The first kappa shape index (κ1) is 17.4. The molecule has 0 saturated carbocycles. The second-order valence-electron chi connectivity index (χ2n) is 7.70. The van der Waals surface area contributed by atoms with Gasteiger partial charge in [-0.3, -0.25) is 9.13 Å². The Balaban J connectivity index is 2.19. The van der Waals surface area contributed by atoms with E-state index in [0.29, 0.717) is 23.4 Å². The summed E-state index contributed by atoms with van der Waals surface area (Å²) in [6, 6.07) is 8.74. The minimum absolute atomic E-state index is 0.0294. The number of aryl methyl sites for hydroxylation is 2. The first-order valence-electron chi connectivity index (χ1n) is 8.56. The van der Waals surface area contributed by atoms with Gasteiger partial charge in [-0.2, -0.15) is 0 Å². The van der Waals surface area contributed by atoms with Crippen LogP contribution in [-0.4, -0.2) is 14.1 Å². The fourth-order valence-corrected chi connectivity index (χ4v) is 3.04. The summed E-state index contributed by atoms with van der Waals surface area (Å²) < 4.78 is 17.6. The number of halogens is 1. The molecule has 0 N–H and O–H groups in total. The van der Waals surface area contributed by atoms with Crippen molar-refractivity contribution in [3.8, 4) is 11.3 Å². The van der Waals surface area contributed by atoms with Crippen molar-refractivity contribution < 1.29 is 4.39 Å². The summed E-state index contributed by atoms with van der Waals surface area (Å²) in [5.74, 6) is -0.303. The number of hydrogen-bond donors (Lipinski definition) is 0. The van der Waals surface area contributed by atoms with Gasteiger partial charge in [0.15, 0.2) is 5.65 Å². The molecule has 0 saturated heterocycles. The molecule has 4 nitrogen and oxygen atoms in total. The maximum atomic E-state index is 14.3. The second-order valence-corrected chi connectivity index (χ2v) is 7.70. The molecule has 0 bridgehead atoms. The van der Waals surface area contributed by atoms with Gasteiger partial charge in [-0.05, 0) is 41.7 Å². The number of aromatic nitrogens is 3. The number of fused-ring (bicyclic) bond motifs is 1. The van der Waals surface area contributed by atoms with Crippen LogP contribution in [-0.2, 0) is 20.0 Å². The monoisotopic (exact) mass is 341 g/mol. The highest BCUT2D eigenvalue weighted by atomic mass is 19.1. The largest absolute Gasteiger partial charge is 0.330 e. The van der Waals surface area contributed by atoms with Crippen molar-refractivity contribution in [2.75, 3.05) is 0 Å². The lowest BCUT2D eigenvalue weighted by atomic mass is 9.97. The Bertz CT molecular complexity index is 993. The highest BCUT2D eigenvalue weighted by Gasteiger charge is 2.19. The Labute approximate surface area is 146 Å². The fourth-order valence-electron chi connectivity index (χ4n) is 3.04. The third kappa shape index (κ3) is 3.23. The molecule has 3 aromatic rings. The first-order valence-corrected chi connectivity index (χ1v) is 8.56.